The zero-order chi connectivity index (χ0) is 20.1. The average molecular weight is 421 g/mol. The largest absolute Gasteiger partial charge is 0.293 e. The van der Waals surface area contributed by atoms with Crippen LogP contribution in [0, 0.1) is 13.8 Å². The molecule has 1 aromatic carbocycles. The van der Waals surface area contributed by atoms with Crippen molar-refractivity contribution in [1.82, 2.24) is 18.9 Å². The third kappa shape index (κ3) is 2.92. The van der Waals surface area contributed by atoms with Gasteiger partial charge in [0.15, 0.2) is 4.96 Å². The highest BCUT2D eigenvalue weighted by Gasteiger charge is 2.16. The second-order valence-electron chi connectivity index (χ2n) is 6.86. The standard InChI is InChI=1S/C21H16N4O2S2/c1-12-10-28-21-23-15(8-16(26)25(12)21)9-24-11-22-19-17(20(24)27)13(2)18(29-19)14-6-4-3-5-7-14/h3-8,10-11H,9H2,1-2H3. The lowest BCUT2D eigenvalue weighted by Gasteiger charge is -2.05. The molecule has 0 atom stereocenters. The van der Waals surface area contributed by atoms with Gasteiger partial charge in [-0.3, -0.25) is 18.6 Å². The van der Waals surface area contributed by atoms with E-state index in [-0.39, 0.29) is 17.7 Å². The Balaban J connectivity index is 1.62. The summed E-state index contributed by atoms with van der Waals surface area (Å²) in [6.07, 6.45) is 1.54. The molecule has 4 heterocycles. The summed E-state index contributed by atoms with van der Waals surface area (Å²) >= 11 is 2.93. The van der Waals surface area contributed by atoms with Crippen LogP contribution in [0.5, 0.6) is 0 Å². The van der Waals surface area contributed by atoms with Crippen LogP contribution in [0.25, 0.3) is 25.6 Å². The van der Waals surface area contributed by atoms with Gasteiger partial charge < -0.3 is 0 Å². The fourth-order valence-electron chi connectivity index (χ4n) is 3.49. The molecule has 0 N–H and O–H groups in total. The lowest BCUT2D eigenvalue weighted by Crippen LogP contribution is -2.23. The van der Waals surface area contributed by atoms with Crippen LogP contribution < -0.4 is 11.1 Å². The third-order valence-electron chi connectivity index (χ3n) is 4.91. The zero-order valence-electron chi connectivity index (χ0n) is 15.7. The summed E-state index contributed by atoms with van der Waals surface area (Å²) in [5, 5.41) is 2.52. The average Bonchev–Trinajstić information content (AvgIpc) is 3.25. The van der Waals surface area contributed by atoms with Crippen LogP contribution in [0.1, 0.15) is 17.0 Å². The van der Waals surface area contributed by atoms with Crippen LogP contribution in [0.15, 0.2) is 57.7 Å². The number of hydrogen-bond donors (Lipinski definition) is 0. The maximum Gasteiger partial charge on any atom is 0.262 e. The van der Waals surface area contributed by atoms with E-state index in [9.17, 15) is 9.59 Å². The van der Waals surface area contributed by atoms with E-state index in [4.69, 9.17) is 0 Å². The van der Waals surface area contributed by atoms with E-state index in [2.05, 4.69) is 9.97 Å². The molecule has 0 fully saturated rings. The number of thiophene rings is 1. The second-order valence-corrected chi connectivity index (χ2v) is 8.70. The molecule has 0 aliphatic carbocycles. The topological polar surface area (TPSA) is 69.3 Å². The van der Waals surface area contributed by atoms with Gasteiger partial charge in [0.25, 0.3) is 11.1 Å². The van der Waals surface area contributed by atoms with Gasteiger partial charge in [-0.15, -0.1) is 22.7 Å². The second kappa shape index (κ2) is 6.75. The highest BCUT2D eigenvalue weighted by Crippen LogP contribution is 2.35. The van der Waals surface area contributed by atoms with Crippen molar-refractivity contribution in [3.8, 4) is 10.4 Å². The molecule has 5 aromatic rings. The molecule has 29 heavy (non-hydrogen) atoms. The van der Waals surface area contributed by atoms with E-state index in [0.717, 1.165) is 26.5 Å². The first-order valence-corrected chi connectivity index (χ1v) is 10.7. The number of hydrogen-bond acceptors (Lipinski definition) is 6. The van der Waals surface area contributed by atoms with Crippen LogP contribution in [-0.2, 0) is 6.54 Å². The summed E-state index contributed by atoms with van der Waals surface area (Å²) in [7, 11) is 0. The molecule has 0 saturated carbocycles. The number of aryl methyl sites for hydroxylation is 2. The first kappa shape index (κ1) is 18.0. The van der Waals surface area contributed by atoms with E-state index in [1.54, 1.807) is 10.7 Å². The van der Waals surface area contributed by atoms with Crippen molar-refractivity contribution >= 4 is 37.9 Å². The smallest absolute Gasteiger partial charge is 0.262 e. The van der Waals surface area contributed by atoms with Gasteiger partial charge in [-0.05, 0) is 25.0 Å². The molecular formula is C21H16N4O2S2. The number of rotatable bonds is 3. The maximum absolute atomic E-state index is 13.2. The minimum Gasteiger partial charge on any atom is -0.293 e. The lowest BCUT2D eigenvalue weighted by molar-refractivity contribution is 0.728. The molecular weight excluding hydrogens is 404 g/mol. The summed E-state index contributed by atoms with van der Waals surface area (Å²) in [4.78, 5) is 37.0. The number of fused-ring (bicyclic) bond motifs is 2. The van der Waals surface area contributed by atoms with Crippen molar-refractivity contribution in [1.29, 1.82) is 0 Å². The van der Waals surface area contributed by atoms with Gasteiger partial charge in [-0.2, -0.15) is 0 Å². The summed E-state index contributed by atoms with van der Waals surface area (Å²) in [6, 6.07) is 11.5. The van der Waals surface area contributed by atoms with Gasteiger partial charge in [0.1, 0.15) is 4.83 Å². The fourth-order valence-corrected chi connectivity index (χ4v) is 5.53. The fraction of sp³-hybridized carbons (Fsp3) is 0.143. The first-order chi connectivity index (χ1) is 14.0. The summed E-state index contributed by atoms with van der Waals surface area (Å²) in [6.45, 7) is 4.04. The van der Waals surface area contributed by atoms with Gasteiger partial charge in [0.05, 0.1) is 24.0 Å². The highest BCUT2D eigenvalue weighted by atomic mass is 32.1. The molecule has 144 valence electrons. The Morgan fingerprint density at radius 2 is 1.90 bits per heavy atom. The normalized spacial score (nSPS) is 11.5. The Hall–Kier alpha value is -3.10. The van der Waals surface area contributed by atoms with Gasteiger partial charge >= 0.3 is 0 Å². The molecule has 0 bridgehead atoms. The Bertz CT molecular complexity index is 1490. The van der Waals surface area contributed by atoms with Crippen molar-refractivity contribution in [2.75, 3.05) is 0 Å². The summed E-state index contributed by atoms with van der Waals surface area (Å²) in [5.41, 5.74) is 3.17. The van der Waals surface area contributed by atoms with Crippen LogP contribution in [0.3, 0.4) is 0 Å². The maximum atomic E-state index is 13.2. The first-order valence-electron chi connectivity index (χ1n) is 9.03. The molecule has 0 aliphatic rings. The minimum absolute atomic E-state index is 0.115. The molecule has 8 heteroatoms. The Morgan fingerprint density at radius 1 is 1.10 bits per heavy atom. The number of benzene rings is 1. The summed E-state index contributed by atoms with van der Waals surface area (Å²) in [5.74, 6) is 0. The Labute approximate surface area is 173 Å². The van der Waals surface area contributed by atoms with Gasteiger partial charge in [-0.25, -0.2) is 9.97 Å². The van der Waals surface area contributed by atoms with Crippen LogP contribution in [0.4, 0.5) is 0 Å². The van der Waals surface area contributed by atoms with E-state index in [0.29, 0.717) is 16.0 Å². The monoisotopic (exact) mass is 420 g/mol. The summed E-state index contributed by atoms with van der Waals surface area (Å²) < 4.78 is 3.10. The van der Waals surface area contributed by atoms with Gasteiger partial charge in [0, 0.05) is 22.0 Å². The lowest BCUT2D eigenvalue weighted by atomic mass is 10.1. The molecule has 5 rings (SSSR count). The molecule has 0 amide bonds. The van der Waals surface area contributed by atoms with Gasteiger partial charge in [0.2, 0.25) is 0 Å². The quantitative estimate of drug-likeness (QED) is 0.444. The molecule has 6 nitrogen and oxygen atoms in total. The van der Waals surface area contributed by atoms with E-state index in [1.807, 2.05) is 49.6 Å². The van der Waals surface area contributed by atoms with Crippen molar-refractivity contribution in [3.05, 3.63) is 85.8 Å². The minimum atomic E-state index is -0.135. The molecule has 0 unspecified atom stereocenters. The van der Waals surface area contributed by atoms with E-state index >= 15 is 0 Å². The number of thiazole rings is 1. The predicted molar refractivity (Wildman–Crippen MR) is 117 cm³/mol. The molecule has 0 saturated heterocycles. The van der Waals surface area contributed by atoms with Crippen LogP contribution in [0.2, 0.25) is 0 Å². The van der Waals surface area contributed by atoms with Crippen LogP contribution in [-0.4, -0.2) is 18.9 Å². The van der Waals surface area contributed by atoms with Crippen molar-refractivity contribution in [3.63, 3.8) is 0 Å². The third-order valence-corrected chi connectivity index (χ3v) is 7.11. The van der Waals surface area contributed by atoms with Crippen molar-refractivity contribution in [2.24, 2.45) is 0 Å². The zero-order valence-corrected chi connectivity index (χ0v) is 17.4. The molecule has 0 spiro atoms. The highest BCUT2D eigenvalue weighted by molar-refractivity contribution is 7.22. The predicted octanol–water partition coefficient (Wildman–Crippen LogP) is 3.86. The van der Waals surface area contributed by atoms with E-state index in [1.165, 1.54) is 33.3 Å². The molecule has 4 aromatic heterocycles. The van der Waals surface area contributed by atoms with Crippen molar-refractivity contribution in [2.45, 2.75) is 20.4 Å². The molecule has 0 radical (unpaired) electrons. The van der Waals surface area contributed by atoms with E-state index < -0.39 is 0 Å². The Morgan fingerprint density at radius 3 is 2.69 bits per heavy atom. The van der Waals surface area contributed by atoms with Gasteiger partial charge in [-0.1, -0.05) is 30.3 Å². The SMILES string of the molecule is Cc1c(-c2ccccc2)sc2ncn(Cc3cc(=O)n4c(C)csc4n3)c(=O)c12. The van der Waals surface area contributed by atoms with Crippen molar-refractivity contribution < 1.29 is 0 Å². The Kier molecular flexibility index (Phi) is 4.18. The number of nitrogens with zero attached hydrogens (tertiary/aromatic N) is 4. The molecule has 0 aliphatic heterocycles. The van der Waals surface area contributed by atoms with Crippen LogP contribution >= 0.6 is 22.7 Å². The number of aromatic nitrogens is 4.